The number of nitrogens with one attached hydrogen (secondary N) is 1. The fraction of sp³-hybridized carbons (Fsp3) is 0.273. The summed E-state index contributed by atoms with van der Waals surface area (Å²) in [6.45, 7) is 3.85. The van der Waals surface area contributed by atoms with Crippen LogP contribution in [-0.4, -0.2) is 16.9 Å². The van der Waals surface area contributed by atoms with Gasteiger partial charge in [-0.1, -0.05) is 0 Å². The lowest BCUT2D eigenvalue weighted by atomic mass is 10.2. The van der Waals surface area contributed by atoms with E-state index in [1.807, 2.05) is 13.8 Å². The molecule has 1 heterocycles. The lowest BCUT2D eigenvalue weighted by Crippen LogP contribution is -2.29. The van der Waals surface area contributed by atoms with Crippen LogP contribution in [0.5, 0.6) is 0 Å². The molecular weight excluding hydrogens is 192 g/mol. The van der Waals surface area contributed by atoms with Gasteiger partial charge in [0.2, 0.25) is 0 Å². The molecular formula is C11H12N2O2. The molecule has 0 aliphatic heterocycles. The minimum absolute atomic E-state index is 0.0881. The summed E-state index contributed by atoms with van der Waals surface area (Å²) in [4.78, 5) is 15.6. The Morgan fingerprint density at radius 1 is 1.47 bits per heavy atom. The Morgan fingerprint density at radius 3 is 3.00 bits per heavy atom. The fourth-order valence-electron chi connectivity index (χ4n) is 1.34. The smallest absolute Gasteiger partial charge is 0.251 e. The summed E-state index contributed by atoms with van der Waals surface area (Å²) < 4.78 is 5.09. The topological polar surface area (TPSA) is 55.1 Å². The number of benzene rings is 1. The number of hydrogen-bond donors (Lipinski definition) is 1. The van der Waals surface area contributed by atoms with Gasteiger partial charge in [-0.15, -0.1) is 0 Å². The minimum atomic E-state index is -0.0881. The van der Waals surface area contributed by atoms with Crippen molar-refractivity contribution < 1.29 is 9.21 Å². The molecule has 4 heteroatoms. The highest BCUT2D eigenvalue weighted by atomic mass is 16.3. The van der Waals surface area contributed by atoms with Crippen molar-refractivity contribution in [3.8, 4) is 0 Å². The van der Waals surface area contributed by atoms with Crippen LogP contribution in [0.1, 0.15) is 24.2 Å². The zero-order valence-electron chi connectivity index (χ0n) is 8.65. The van der Waals surface area contributed by atoms with E-state index in [9.17, 15) is 4.79 Å². The van der Waals surface area contributed by atoms with E-state index < -0.39 is 0 Å². The SMILES string of the molecule is CC(C)NC(=O)c1ccc2ocnc2c1. The van der Waals surface area contributed by atoms with E-state index in [1.165, 1.54) is 6.39 Å². The number of fused-ring (bicyclic) bond motifs is 1. The van der Waals surface area contributed by atoms with Crippen LogP contribution in [0, 0.1) is 0 Å². The molecule has 0 saturated carbocycles. The standard InChI is InChI=1S/C11H12N2O2/c1-7(2)13-11(14)8-3-4-10-9(5-8)12-6-15-10/h3-7H,1-2H3,(H,13,14). The highest BCUT2D eigenvalue weighted by Crippen LogP contribution is 2.13. The van der Waals surface area contributed by atoms with E-state index >= 15 is 0 Å². The van der Waals surface area contributed by atoms with Crippen molar-refractivity contribution in [3.63, 3.8) is 0 Å². The summed E-state index contributed by atoms with van der Waals surface area (Å²) in [5.41, 5.74) is 1.99. The third-order valence-corrected chi connectivity index (χ3v) is 2.01. The van der Waals surface area contributed by atoms with Crippen LogP contribution < -0.4 is 5.32 Å². The first kappa shape index (κ1) is 9.71. The van der Waals surface area contributed by atoms with Crippen LogP contribution in [0.4, 0.5) is 0 Å². The van der Waals surface area contributed by atoms with Gasteiger partial charge in [-0.05, 0) is 32.0 Å². The number of carbonyl (C=O) groups is 1. The Hall–Kier alpha value is -1.84. The third-order valence-electron chi connectivity index (χ3n) is 2.01. The number of nitrogens with zero attached hydrogens (tertiary/aromatic N) is 1. The van der Waals surface area contributed by atoms with Crippen molar-refractivity contribution in [3.05, 3.63) is 30.2 Å². The molecule has 0 saturated heterocycles. The van der Waals surface area contributed by atoms with E-state index in [0.717, 1.165) is 0 Å². The van der Waals surface area contributed by atoms with Crippen molar-refractivity contribution in [2.45, 2.75) is 19.9 Å². The van der Waals surface area contributed by atoms with Gasteiger partial charge in [-0.2, -0.15) is 0 Å². The van der Waals surface area contributed by atoms with E-state index in [0.29, 0.717) is 16.7 Å². The first-order valence-electron chi connectivity index (χ1n) is 4.81. The van der Waals surface area contributed by atoms with Crippen molar-refractivity contribution in [2.24, 2.45) is 0 Å². The summed E-state index contributed by atoms with van der Waals surface area (Å²) in [5.74, 6) is -0.0881. The number of amides is 1. The van der Waals surface area contributed by atoms with Crippen molar-refractivity contribution >= 4 is 17.0 Å². The zero-order chi connectivity index (χ0) is 10.8. The Balaban J connectivity index is 2.31. The molecule has 0 spiro atoms. The van der Waals surface area contributed by atoms with Crippen LogP contribution >= 0.6 is 0 Å². The van der Waals surface area contributed by atoms with E-state index in [1.54, 1.807) is 18.2 Å². The van der Waals surface area contributed by atoms with E-state index in [-0.39, 0.29) is 11.9 Å². The van der Waals surface area contributed by atoms with Crippen LogP contribution in [0.25, 0.3) is 11.1 Å². The number of rotatable bonds is 2. The molecule has 0 aliphatic carbocycles. The molecule has 2 aromatic rings. The molecule has 0 atom stereocenters. The van der Waals surface area contributed by atoms with Gasteiger partial charge in [-0.25, -0.2) is 4.98 Å². The normalized spacial score (nSPS) is 10.9. The van der Waals surface area contributed by atoms with Gasteiger partial charge in [0.1, 0.15) is 5.52 Å². The van der Waals surface area contributed by atoms with Crippen molar-refractivity contribution in [2.75, 3.05) is 0 Å². The Morgan fingerprint density at radius 2 is 2.27 bits per heavy atom. The number of carbonyl (C=O) groups excluding carboxylic acids is 1. The van der Waals surface area contributed by atoms with Gasteiger partial charge >= 0.3 is 0 Å². The number of aromatic nitrogens is 1. The zero-order valence-corrected chi connectivity index (χ0v) is 8.65. The first-order chi connectivity index (χ1) is 7.16. The molecule has 78 valence electrons. The van der Waals surface area contributed by atoms with Crippen LogP contribution in [0.15, 0.2) is 29.0 Å². The average molecular weight is 204 g/mol. The first-order valence-corrected chi connectivity index (χ1v) is 4.81. The predicted molar refractivity (Wildman–Crippen MR) is 56.6 cm³/mol. The highest BCUT2D eigenvalue weighted by Gasteiger charge is 2.08. The minimum Gasteiger partial charge on any atom is -0.443 e. The third kappa shape index (κ3) is 1.98. The lowest BCUT2D eigenvalue weighted by Gasteiger charge is -2.07. The summed E-state index contributed by atoms with van der Waals surface area (Å²) >= 11 is 0. The van der Waals surface area contributed by atoms with Crippen LogP contribution in [-0.2, 0) is 0 Å². The molecule has 15 heavy (non-hydrogen) atoms. The van der Waals surface area contributed by atoms with Gasteiger partial charge in [-0.3, -0.25) is 4.79 Å². The Kier molecular flexibility index (Phi) is 2.41. The summed E-state index contributed by atoms with van der Waals surface area (Å²) in [6.07, 6.45) is 1.37. The maximum atomic E-state index is 11.7. The Labute approximate surface area is 87.3 Å². The molecule has 1 aromatic heterocycles. The molecule has 1 aromatic carbocycles. The second-order valence-corrected chi connectivity index (χ2v) is 3.66. The molecule has 1 amide bonds. The Bertz CT molecular complexity index is 488. The quantitative estimate of drug-likeness (QED) is 0.813. The molecule has 0 bridgehead atoms. The molecule has 0 radical (unpaired) electrons. The van der Waals surface area contributed by atoms with Crippen LogP contribution in [0.2, 0.25) is 0 Å². The molecule has 2 rings (SSSR count). The van der Waals surface area contributed by atoms with E-state index in [4.69, 9.17) is 4.42 Å². The number of oxazole rings is 1. The maximum absolute atomic E-state index is 11.7. The highest BCUT2D eigenvalue weighted by molar-refractivity contribution is 5.97. The second-order valence-electron chi connectivity index (χ2n) is 3.66. The van der Waals surface area contributed by atoms with Gasteiger partial charge in [0.25, 0.3) is 5.91 Å². The monoisotopic (exact) mass is 204 g/mol. The maximum Gasteiger partial charge on any atom is 0.251 e. The molecule has 0 fully saturated rings. The van der Waals surface area contributed by atoms with Gasteiger partial charge in [0, 0.05) is 11.6 Å². The van der Waals surface area contributed by atoms with E-state index in [2.05, 4.69) is 10.3 Å². The molecule has 4 nitrogen and oxygen atoms in total. The lowest BCUT2D eigenvalue weighted by molar-refractivity contribution is 0.0943. The average Bonchev–Trinajstić information content (AvgIpc) is 2.62. The molecule has 0 aliphatic rings. The summed E-state index contributed by atoms with van der Waals surface area (Å²) in [7, 11) is 0. The van der Waals surface area contributed by atoms with Crippen molar-refractivity contribution in [1.29, 1.82) is 0 Å². The van der Waals surface area contributed by atoms with Gasteiger partial charge < -0.3 is 9.73 Å². The summed E-state index contributed by atoms with van der Waals surface area (Å²) in [5, 5.41) is 2.82. The van der Waals surface area contributed by atoms with Crippen LogP contribution in [0.3, 0.4) is 0 Å². The predicted octanol–water partition coefficient (Wildman–Crippen LogP) is 1.97. The van der Waals surface area contributed by atoms with Gasteiger partial charge in [0.15, 0.2) is 12.0 Å². The van der Waals surface area contributed by atoms with Crippen molar-refractivity contribution in [1.82, 2.24) is 10.3 Å². The molecule has 0 unspecified atom stereocenters. The fourth-order valence-corrected chi connectivity index (χ4v) is 1.34. The number of hydrogen-bond acceptors (Lipinski definition) is 3. The molecule has 1 N–H and O–H groups in total. The second kappa shape index (κ2) is 3.73. The summed E-state index contributed by atoms with van der Waals surface area (Å²) in [6, 6.07) is 5.32. The van der Waals surface area contributed by atoms with Gasteiger partial charge in [0.05, 0.1) is 0 Å². The largest absolute Gasteiger partial charge is 0.443 e.